The lowest BCUT2D eigenvalue weighted by molar-refractivity contribution is 1.66. The van der Waals surface area contributed by atoms with Crippen LogP contribution in [0.15, 0.2) is 152 Å². The monoisotopic (exact) mass is 429 g/mol. The van der Waals surface area contributed by atoms with Gasteiger partial charge in [0.15, 0.2) is 0 Å². The molecule has 5 aromatic carbocycles. The molecule has 1 unspecified atom stereocenters. The van der Waals surface area contributed by atoms with Crippen LogP contribution in [0.4, 0.5) is 0 Å². The molecule has 32 heavy (non-hydrogen) atoms. The number of hydrogen-bond acceptors (Lipinski definition) is 0. The molecule has 5 aromatic rings. The molecule has 0 radical (unpaired) electrons. The lowest BCUT2D eigenvalue weighted by Crippen LogP contribution is -2.74. The fourth-order valence-corrected chi connectivity index (χ4v) is 4.80. The first kappa shape index (κ1) is 21.8. The van der Waals surface area contributed by atoms with E-state index in [1.165, 1.54) is 27.2 Å². The Morgan fingerprint density at radius 1 is 0.312 bits per heavy atom. The van der Waals surface area contributed by atoms with E-state index in [4.69, 9.17) is 0 Å². The van der Waals surface area contributed by atoms with E-state index in [-0.39, 0.29) is 0 Å². The van der Waals surface area contributed by atoms with Crippen LogP contribution in [0.5, 0.6) is 0 Å². The molecule has 0 heterocycles. The summed E-state index contributed by atoms with van der Waals surface area (Å²) in [5.41, 5.74) is 5.36. The largest absolute Gasteiger partial charge is 0.195 e. The Labute approximate surface area is 194 Å². The van der Waals surface area contributed by atoms with Crippen molar-refractivity contribution in [3.8, 4) is 0 Å². The van der Waals surface area contributed by atoms with Crippen molar-refractivity contribution in [3.05, 3.63) is 152 Å². The summed E-state index contributed by atoms with van der Waals surface area (Å²) >= 11 is 0. The van der Waals surface area contributed by atoms with E-state index in [2.05, 4.69) is 131 Å². The molecule has 0 N–H and O–H groups in total. The number of benzene rings is 5. The molecule has 156 valence electrons. The Balaban J connectivity index is 0.000000300. The van der Waals surface area contributed by atoms with Gasteiger partial charge in [-0.3, -0.25) is 0 Å². The summed E-state index contributed by atoms with van der Waals surface area (Å²) in [6.45, 7) is 0. The minimum atomic E-state index is -1.22. The van der Waals surface area contributed by atoms with E-state index in [1.807, 2.05) is 30.3 Å². The zero-order chi connectivity index (χ0) is 22.1. The SMILES string of the molecule is Pc1ccccc1.c1ccc([B-](c2ccccc2)(c2ccccc2)c2ccccc2)cc1. The Morgan fingerprint density at radius 2 is 0.531 bits per heavy atom. The van der Waals surface area contributed by atoms with E-state index in [9.17, 15) is 0 Å². The van der Waals surface area contributed by atoms with E-state index >= 15 is 0 Å². The Kier molecular flexibility index (Phi) is 7.33. The highest BCUT2D eigenvalue weighted by Crippen LogP contribution is 2.09. The van der Waals surface area contributed by atoms with Crippen molar-refractivity contribution in [1.82, 2.24) is 0 Å². The van der Waals surface area contributed by atoms with Gasteiger partial charge < -0.3 is 0 Å². The van der Waals surface area contributed by atoms with Gasteiger partial charge in [-0.1, -0.05) is 152 Å². The quantitative estimate of drug-likeness (QED) is 0.296. The lowest BCUT2D eigenvalue weighted by atomic mass is 9.13. The fourth-order valence-electron chi connectivity index (χ4n) is 4.57. The number of hydrogen-bond donors (Lipinski definition) is 0. The third-order valence-electron chi connectivity index (χ3n) is 6.00. The first-order valence-corrected chi connectivity index (χ1v) is 11.6. The standard InChI is InChI=1S/C24H20B.C6H7P/c1-5-13-21(14-6-1)25(22-15-7-2-8-16-22,23-17-9-3-10-18-23)24-19-11-4-12-20-24;7-6-4-2-1-3-5-6/h1-20H;1-5H,7H2/q-1;. The Hall–Kier alpha value is -3.41. The average molecular weight is 429 g/mol. The Morgan fingerprint density at radius 3 is 0.719 bits per heavy atom. The number of rotatable bonds is 4. The normalized spacial score (nSPS) is 10.7. The van der Waals surface area contributed by atoms with Crippen molar-refractivity contribution < 1.29 is 0 Å². The van der Waals surface area contributed by atoms with Crippen molar-refractivity contribution in [3.63, 3.8) is 0 Å². The summed E-state index contributed by atoms with van der Waals surface area (Å²) in [6.07, 6.45) is -1.22. The highest BCUT2D eigenvalue weighted by atomic mass is 31.0. The van der Waals surface area contributed by atoms with Gasteiger partial charge in [-0.2, -0.15) is 21.9 Å². The fraction of sp³-hybridized carbons (Fsp3) is 0. The second-order valence-electron chi connectivity index (χ2n) is 7.92. The molecule has 0 fully saturated rings. The topological polar surface area (TPSA) is 0 Å². The van der Waals surface area contributed by atoms with Gasteiger partial charge in [0.25, 0.3) is 0 Å². The molecule has 5 rings (SSSR count). The summed E-state index contributed by atoms with van der Waals surface area (Å²) in [6, 6.07) is 53.7. The second-order valence-corrected chi connectivity index (χ2v) is 8.59. The molecule has 0 saturated carbocycles. The van der Waals surface area contributed by atoms with E-state index < -0.39 is 6.15 Å². The molecule has 0 aliphatic rings. The lowest BCUT2D eigenvalue weighted by Gasteiger charge is -2.44. The van der Waals surface area contributed by atoms with Crippen LogP contribution >= 0.6 is 9.24 Å². The first-order valence-electron chi connectivity index (χ1n) is 11.0. The van der Waals surface area contributed by atoms with Crippen LogP contribution in [0.3, 0.4) is 0 Å². The summed E-state index contributed by atoms with van der Waals surface area (Å²) in [5, 5.41) is 1.24. The van der Waals surface area contributed by atoms with Gasteiger partial charge in [0, 0.05) is 0 Å². The highest BCUT2D eigenvalue weighted by Gasteiger charge is 2.30. The highest BCUT2D eigenvalue weighted by molar-refractivity contribution is 7.27. The summed E-state index contributed by atoms with van der Waals surface area (Å²) < 4.78 is 0. The molecule has 2 heteroatoms. The van der Waals surface area contributed by atoms with E-state index in [1.54, 1.807) is 0 Å². The van der Waals surface area contributed by atoms with Crippen LogP contribution in [0.2, 0.25) is 0 Å². The van der Waals surface area contributed by atoms with Crippen LogP contribution in [-0.4, -0.2) is 6.15 Å². The zero-order valence-electron chi connectivity index (χ0n) is 18.1. The molecular formula is C30H27BP-. The van der Waals surface area contributed by atoms with Gasteiger partial charge in [0.1, 0.15) is 6.15 Å². The predicted molar refractivity (Wildman–Crippen MR) is 146 cm³/mol. The van der Waals surface area contributed by atoms with Crippen molar-refractivity contribution in [2.45, 2.75) is 0 Å². The van der Waals surface area contributed by atoms with Crippen molar-refractivity contribution in [2.24, 2.45) is 0 Å². The molecule has 0 aliphatic heterocycles. The summed E-state index contributed by atoms with van der Waals surface area (Å²) in [5.74, 6) is 0. The molecule has 0 nitrogen and oxygen atoms in total. The predicted octanol–water partition coefficient (Wildman–Crippen LogP) is 4.25. The molecule has 0 amide bonds. The van der Waals surface area contributed by atoms with Gasteiger partial charge in [-0.05, 0) is 5.30 Å². The Bertz CT molecular complexity index is 1030. The molecule has 0 saturated heterocycles. The molecule has 0 aromatic heterocycles. The molecular weight excluding hydrogens is 402 g/mol. The molecule has 0 spiro atoms. The van der Waals surface area contributed by atoms with Crippen LogP contribution < -0.4 is 27.2 Å². The molecule has 0 bridgehead atoms. The molecule has 0 aliphatic carbocycles. The van der Waals surface area contributed by atoms with Gasteiger partial charge in [0.05, 0.1) is 0 Å². The van der Waals surface area contributed by atoms with Gasteiger partial charge in [-0.15, -0.1) is 9.24 Å². The van der Waals surface area contributed by atoms with E-state index in [0.717, 1.165) is 0 Å². The van der Waals surface area contributed by atoms with Crippen LogP contribution in [0.1, 0.15) is 0 Å². The van der Waals surface area contributed by atoms with Gasteiger partial charge >= 0.3 is 0 Å². The average Bonchev–Trinajstić information content (AvgIpc) is 2.88. The van der Waals surface area contributed by atoms with Crippen LogP contribution in [-0.2, 0) is 0 Å². The van der Waals surface area contributed by atoms with Crippen molar-refractivity contribution in [2.75, 3.05) is 0 Å². The van der Waals surface area contributed by atoms with Crippen molar-refractivity contribution in [1.29, 1.82) is 0 Å². The summed E-state index contributed by atoms with van der Waals surface area (Å²) in [7, 11) is 2.63. The van der Waals surface area contributed by atoms with E-state index in [0.29, 0.717) is 0 Å². The van der Waals surface area contributed by atoms with Crippen molar-refractivity contribution >= 4 is 42.5 Å². The minimum absolute atomic E-state index is 1.22. The van der Waals surface area contributed by atoms with Crippen LogP contribution in [0.25, 0.3) is 0 Å². The maximum atomic E-state index is 2.63. The zero-order valence-corrected chi connectivity index (χ0v) is 19.2. The smallest absolute Gasteiger partial charge is 0.108 e. The third-order valence-corrected chi connectivity index (χ3v) is 6.38. The maximum Gasteiger partial charge on any atom is 0.108 e. The summed E-state index contributed by atoms with van der Waals surface area (Å²) in [4.78, 5) is 0. The van der Waals surface area contributed by atoms with Crippen LogP contribution in [0, 0.1) is 0 Å². The maximum absolute atomic E-state index is 2.63. The minimum Gasteiger partial charge on any atom is -0.195 e. The van der Waals surface area contributed by atoms with Gasteiger partial charge in [0.2, 0.25) is 0 Å². The third kappa shape index (κ3) is 4.74. The first-order chi connectivity index (χ1) is 15.8. The molecule has 1 atom stereocenters. The van der Waals surface area contributed by atoms with Gasteiger partial charge in [-0.25, -0.2) is 0 Å². The second kappa shape index (κ2) is 10.8.